The molecule has 1 saturated heterocycles. The summed E-state index contributed by atoms with van der Waals surface area (Å²) in [5.41, 5.74) is 0.511. The number of amides is 3. The van der Waals surface area contributed by atoms with Crippen molar-refractivity contribution in [3.8, 4) is 0 Å². The zero-order chi connectivity index (χ0) is 21.7. The minimum atomic E-state index is -4.50. The molecule has 0 bridgehead atoms. The molecule has 1 aliphatic heterocycles. The first kappa shape index (κ1) is 21.5. The summed E-state index contributed by atoms with van der Waals surface area (Å²) >= 11 is 0. The predicted octanol–water partition coefficient (Wildman–Crippen LogP) is 3.81. The summed E-state index contributed by atoms with van der Waals surface area (Å²) in [6.07, 6.45) is -4.50. The number of anilines is 2. The Hall–Kier alpha value is -3.23. The number of carbonyl (C=O) groups excluding carboxylic acids is 2. The van der Waals surface area contributed by atoms with Gasteiger partial charge in [-0.1, -0.05) is 6.07 Å². The maximum absolute atomic E-state index is 12.8. The van der Waals surface area contributed by atoms with Crippen molar-refractivity contribution in [1.29, 1.82) is 0 Å². The lowest BCUT2D eigenvalue weighted by Gasteiger charge is -2.36. The van der Waals surface area contributed by atoms with Gasteiger partial charge in [-0.2, -0.15) is 13.2 Å². The van der Waals surface area contributed by atoms with Crippen molar-refractivity contribution < 1.29 is 22.8 Å². The van der Waals surface area contributed by atoms with E-state index in [-0.39, 0.29) is 11.6 Å². The number of urea groups is 1. The van der Waals surface area contributed by atoms with Crippen molar-refractivity contribution in [2.24, 2.45) is 0 Å². The lowest BCUT2D eigenvalue weighted by Crippen LogP contribution is -2.51. The van der Waals surface area contributed by atoms with Crippen LogP contribution in [0.1, 0.15) is 22.8 Å². The standard InChI is InChI=1S/C21H23F3N4O2/c1-2-25-20(30)28-12-10-27(11-13-28)18-8-6-17(7-9-18)26-19(29)15-4-3-5-16(14-15)21(22,23)24/h3-9,14H,2,10-13H2,1H3,(H,25,30)(H,26,29). The lowest BCUT2D eigenvalue weighted by molar-refractivity contribution is -0.137. The Bertz CT molecular complexity index is 892. The van der Waals surface area contributed by atoms with E-state index in [1.165, 1.54) is 12.1 Å². The summed E-state index contributed by atoms with van der Waals surface area (Å²) in [6, 6.07) is 11.3. The van der Waals surface area contributed by atoms with E-state index >= 15 is 0 Å². The Morgan fingerprint density at radius 3 is 2.27 bits per heavy atom. The second kappa shape index (κ2) is 9.06. The van der Waals surface area contributed by atoms with Crippen LogP contribution in [0.5, 0.6) is 0 Å². The number of benzene rings is 2. The SMILES string of the molecule is CCNC(=O)N1CCN(c2ccc(NC(=O)c3cccc(C(F)(F)F)c3)cc2)CC1. The molecule has 2 N–H and O–H groups in total. The van der Waals surface area contributed by atoms with Crippen LogP contribution in [0.25, 0.3) is 0 Å². The summed E-state index contributed by atoms with van der Waals surface area (Å²) < 4.78 is 38.5. The van der Waals surface area contributed by atoms with Gasteiger partial charge in [0.05, 0.1) is 5.56 Å². The number of halogens is 3. The van der Waals surface area contributed by atoms with Gasteiger partial charge in [-0.05, 0) is 49.4 Å². The van der Waals surface area contributed by atoms with E-state index in [4.69, 9.17) is 0 Å². The summed E-state index contributed by atoms with van der Waals surface area (Å²) in [7, 11) is 0. The van der Waals surface area contributed by atoms with Gasteiger partial charge in [0.1, 0.15) is 0 Å². The molecule has 2 aromatic rings. The van der Waals surface area contributed by atoms with Gasteiger partial charge in [0.2, 0.25) is 0 Å². The van der Waals surface area contributed by atoms with E-state index in [2.05, 4.69) is 15.5 Å². The zero-order valence-electron chi connectivity index (χ0n) is 16.5. The van der Waals surface area contributed by atoms with Crippen molar-refractivity contribution in [3.63, 3.8) is 0 Å². The third-order valence-electron chi connectivity index (χ3n) is 4.84. The number of carbonyl (C=O) groups is 2. The van der Waals surface area contributed by atoms with Gasteiger partial charge in [0.25, 0.3) is 5.91 Å². The van der Waals surface area contributed by atoms with Crippen molar-refractivity contribution >= 4 is 23.3 Å². The Kier molecular flexibility index (Phi) is 6.49. The number of piperazine rings is 1. The molecular formula is C21H23F3N4O2. The molecule has 0 unspecified atom stereocenters. The Morgan fingerprint density at radius 2 is 1.67 bits per heavy atom. The second-order valence-corrected chi connectivity index (χ2v) is 6.89. The number of hydrogen-bond acceptors (Lipinski definition) is 3. The van der Waals surface area contributed by atoms with Crippen molar-refractivity contribution in [2.75, 3.05) is 42.9 Å². The first-order chi connectivity index (χ1) is 14.3. The van der Waals surface area contributed by atoms with Crippen molar-refractivity contribution in [1.82, 2.24) is 10.2 Å². The quantitative estimate of drug-likeness (QED) is 0.791. The van der Waals surface area contributed by atoms with Crippen molar-refractivity contribution in [2.45, 2.75) is 13.1 Å². The number of hydrogen-bond donors (Lipinski definition) is 2. The molecule has 0 spiro atoms. The van der Waals surface area contributed by atoms with Crippen LogP contribution < -0.4 is 15.5 Å². The molecule has 0 aromatic heterocycles. The highest BCUT2D eigenvalue weighted by Crippen LogP contribution is 2.29. The van der Waals surface area contributed by atoms with E-state index in [1.54, 1.807) is 17.0 Å². The molecule has 1 heterocycles. The molecule has 30 heavy (non-hydrogen) atoms. The van der Waals surface area contributed by atoms with Gasteiger partial charge < -0.3 is 20.4 Å². The number of rotatable bonds is 4. The molecule has 3 rings (SSSR count). The van der Waals surface area contributed by atoms with Gasteiger partial charge in [0, 0.05) is 49.7 Å². The average Bonchev–Trinajstić information content (AvgIpc) is 2.74. The maximum Gasteiger partial charge on any atom is 0.416 e. The summed E-state index contributed by atoms with van der Waals surface area (Å²) in [5.74, 6) is -0.607. The largest absolute Gasteiger partial charge is 0.416 e. The lowest BCUT2D eigenvalue weighted by atomic mass is 10.1. The normalized spacial score (nSPS) is 14.4. The molecule has 2 aromatic carbocycles. The third-order valence-corrected chi connectivity index (χ3v) is 4.84. The van der Waals surface area contributed by atoms with Crippen LogP contribution in [0.3, 0.4) is 0 Å². The highest BCUT2D eigenvalue weighted by molar-refractivity contribution is 6.04. The van der Waals surface area contributed by atoms with Crippen LogP contribution in [0, 0.1) is 0 Å². The maximum atomic E-state index is 12.8. The van der Waals surface area contributed by atoms with Gasteiger partial charge in [0.15, 0.2) is 0 Å². The molecule has 9 heteroatoms. The number of alkyl halides is 3. The Labute approximate surface area is 172 Å². The molecule has 160 valence electrons. The molecular weight excluding hydrogens is 397 g/mol. The molecule has 3 amide bonds. The van der Waals surface area contributed by atoms with Crippen LogP contribution in [-0.4, -0.2) is 49.6 Å². The van der Waals surface area contributed by atoms with Gasteiger partial charge >= 0.3 is 12.2 Å². The van der Waals surface area contributed by atoms with Gasteiger partial charge in [-0.25, -0.2) is 4.79 Å². The van der Waals surface area contributed by atoms with Crippen LogP contribution in [0.2, 0.25) is 0 Å². The van der Waals surface area contributed by atoms with Crippen LogP contribution >= 0.6 is 0 Å². The third kappa shape index (κ3) is 5.22. The zero-order valence-corrected chi connectivity index (χ0v) is 16.5. The fourth-order valence-corrected chi connectivity index (χ4v) is 3.23. The van der Waals surface area contributed by atoms with Crippen LogP contribution in [0.4, 0.5) is 29.3 Å². The van der Waals surface area contributed by atoms with E-state index in [0.717, 1.165) is 17.8 Å². The van der Waals surface area contributed by atoms with E-state index in [0.29, 0.717) is 38.4 Å². The monoisotopic (exact) mass is 420 g/mol. The molecule has 6 nitrogen and oxygen atoms in total. The number of nitrogens with one attached hydrogen (secondary N) is 2. The molecule has 0 atom stereocenters. The smallest absolute Gasteiger partial charge is 0.368 e. The molecule has 1 aliphatic rings. The predicted molar refractivity (Wildman–Crippen MR) is 109 cm³/mol. The average molecular weight is 420 g/mol. The Morgan fingerprint density at radius 1 is 1.00 bits per heavy atom. The van der Waals surface area contributed by atoms with Crippen LogP contribution in [-0.2, 0) is 6.18 Å². The molecule has 0 saturated carbocycles. The highest BCUT2D eigenvalue weighted by atomic mass is 19.4. The van der Waals surface area contributed by atoms with E-state index in [1.807, 2.05) is 19.1 Å². The summed E-state index contributed by atoms with van der Waals surface area (Å²) in [4.78, 5) is 28.1. The minimum Gasteiger partial charge on any atom is -0.368 e. The molecule has 0 radical (unpaired) electrons. The van der Waals surface area contributed by atoms with Gasteiger partial charge in [-0.15, -0.1) is 0 Å². The van der Waals surface area contributed by atoms with E-state index < -0.39 is 17.6 Å². The number of nitrogens with zero attached hydrogens (tertiary/aromatic N) is 2. The summed E-state index contributed by atoms with van der Waals surface area (Å²) in [6.45, 7) is 5.06. The first-order valence-corrected chi connectivity index (χ1v) is 9.64. The van der Waals surface area contributed by atoms with Crippen molar-refractivity contribution in [3.05, 3.63) is 59.7 Å². The first-order valence-electron chi connectivity index (χ1n) is 9.64. The van der Waals surface area contributed by atoms with E-state index in [9.17, 15) is 22.8 Å². The summed E-state index contributed by atoms with van der Waals surface area (Å²) in [5, 5.41) is 5.40. The molecule has 0 aliphatic carbocycles. The topological polar surface area (TPSA) is 64.7 Å². The molecule has 1 fully saturated rings. The second-order valence-electron chi connectivity index (χ2n) is 6.89. The Balaban J connectivity index is 1.59. The highest BCUT2D eigenvalue weighted by Gasteiger charge is 2.31. The van der Waals surface area contributed by atoms with Gasteiger partial charge in [-0.3, -0.25) is 4.79 Å². The fourth-order valence-electron chi connectivity index (χ4n) is 3.23. The minimum absolute atomic E-state index is 0.0598. The van der Waals surface area contributed by atoms with Crippen LogP contribution in [0.15, 0.2) is 48.5 Å². The fraction of sp³-hybridized carbons (Fsp3) is 0.333.